The minimum absolute atomic E-state index is 0.170. The summed E-state index contributed by atoms with van der Waals surface area (Å²) < 4.78 is 0. The summed E-state index contributed by atoms with van der Waals surface area (Å²) in [6, 6.07) is 1.73. The quantitative estimate of drug-likeness (QED) is 0.489. The lowest BCUT2D eigenvalue weighted by Crippen LogP contribution is -2.10. The fourth-order valence-electron chi connectivity index (χ4n) is 0.196. The molecular weight excluding hydrogens is 104 g/mol. The summed E-state index contributed by atoms with van der Waals surface area (Å²) in [4.78, 5) is 10.0. The number of carbonyl (C=O) groups excluding carboxylic acids is 1. The van der Waals surface area contributed by atoms with Crippen molar-refractivity contribution >= 4 is 5.91 Å². The van der Waals surface area contributed by atoms with Gasteiger partial charge in [-0.15, -0.1) is 0 Å². The summed E-state index contributed by atoms with van der Waals surface area (Å²) in [6.45, 7) is 1.38. The first kappa shape index (κ1) is 6.70. The molecule has 0 aromatic rings. The first-order chi connectivity index (χ1) is 3.77. The molecule has 8 heavy (non-hydrogen) atoms. The number of allylic oxidation sites excluding steroid dienone is 1. The number of hydrogen-bond acceptors (Lipinski definition) is 2. The van der Waals surface area contributed by atoms with Crippen LogP contribution in [0.2, 0.25) is 0 Å². The molecule has 0 aliphatic heterocycles. The Kier molecular flexibility index (Phi) is 3.25. The number of amides is 1. The Morgan fingerprint density at radius 3 is 2.88 bits per heavy atom. The SMILES string of the molecule is CC(=O)N/C=C\C#N. The van der Waals surface area contributed by atoms with E-state index in [2.05, 4.69) is 5.32 Å². The summed E-state index contributed by atoms with van der Waals surface area (Å²) in [7, 11) is 0. The van der Waals surface area contributed by atoms with E-state index in [9.17, 15) is 4.79 Å². The van der Waals surface area contributed by atoms with Crippen molar-refractivity contribution < 1.29 is 4.79 Å². The molecule has 0 bridgehead atoms. The lowest BCUT2D eigenvalue weighted by atomic mass is 10.6. The predicted octanol–water partition coefficient (Wildman–Crippen LogP) is 0.160. The Hall–Kier alpha value is -1.30. The summed E-state index contributed by atoms with van der Waals surface area (Å²) in [5.41, 5.74) is 0. The van der Waals surface area contributed by atoms with Gasteiger partial charge in [-0.05, 0) is 0 Å². The lowest BCUT2D eigenvalue weighted by molar-refractivity contribution is -0.118. The highest BCUT2D eigenvalue weighted by Gasteiger charge is 1.78. The van der Waals surface area contributed by atoms with Crippen LogP contribution in [0.1, 0.15) is 6.92 Å². The third kappa shape index (κ3) is 4.70. The maximum absolute atomic E-state index is 10.0. The zero-order valence-electron chi connectivity index (χ0n) is 4.51. The first-order valence-electron chi connectivity index (χ1n) is 2.09. The van der Waals surface area contributed by atoms with Crippen LogP contribution in [0.25, 0.3) is 0 Å². The molecule has 0 heterocycles. The Morgan fingerprint density at radius 1 is 1.88 bits per heavy atom. The molecule has 0 saturated heterocycles. The third-order valence-corrected chi connectivity index (χ3v) is 0.444. The van der Waals surface area contributed by atoms with Gasteiger partial charge in [-0.25, -0.2) is 0 Å². The lowest BCUT2D eigenvalue weighted by Gasteiger charge is -1.84. The topological polar surface area (TPSA) is 52.9 Å². The normalized spacial score (nSPS) is 8.50. The standard InChI is InChI=1S/C5H6N2O/c1-5(8)7-4-2-3-6/h2,4H,1H3,(H,7,8)/b4-2-. The molecular formula is C5H6N2O. The molecule has 42 valence electrons. The molecule has 0 aliphatic rings. The van der Waals surface area contributed by atoms with E-state index >= 15 is 0 Å². The van der Waals surface area contributed by atoms with Crippen molar-refractivity contribution in [2.75, 3.05) is 0 Å². The van der Waals surface area contributed by atoms with Crippen molar-refractivity contribution in [2.24, 2.45) is 0 Å². The molecule has 0 spiro atoms. The molecule has 0 aromatic carbocycles. The van der Waals surface area contributed by atoms with Crippen LogP contribution in [0.4, 0.5) is 0 Å². The monoisotopic (exact) mass is 110 g/mol. The fraction of sp³-hybridized carbons (Fsp3) is 0.200. The van der Waals surface area contributed by atoms with Crippen molar-refractivity contribution in [1.29, 1.82) is 5.26 Å². The van der Waals surface area contributed by atoms with Crippen LogP contribution in [0.3, 0.4) is 0 Å². The Labute approximate surface area is 47.6 Å². The van der Waals surface area contributed by atoms with E-state index < -0.39 is 0 Å². The minimum atomic E-state index is -0.170. The van der Waals surface area contributed by atoms with Crippen LogP contribution in [-0.4, -0.2) is 5.91 Å². The molecule has 0 atom stereocenters. The molecule has 0 rings (SSSR count). The Balaban J connectivity index is 3.34. The number of carbonyl (C=O) groups is 1. The first-order valence-corrected chi connectivity index (χ1v) is 2.09. The molecule has 3 nitrogen and oxygen atoms in total. The zero-order valence-corrected chi connectivity index (χ0v) is 4.51. The van der Waals surface area contributed by atoms with Gasteiger partial charge >= 0.3 is 0 Å². The number of nitrogens with zero attached hydrogens (tertiary/aromatic N) is 1. The van der Waals surface area contributed by atoms with Crippen LogP contribution in [0.5, 0.6) is 0 Å². The molecule has 0 fully saturated rings. The maximum Gasteiger partial charge on any atom is 0.220 e. The van der Waals surface area contributed by atoms with E-state index in [-0.39, 0.29) is 5.91 Å². The molecule has 1 amide bonds. The minimum Gasteiger partial charge on any atom is -0.332 e. The second kappa shape index (κ2) is 3.88. The van der Waals surface area contributed by atoms with Crippen molar-refractivity contribution in [3.05, 3.63) is 12.3 Å². The van der Waals surface area contributed by atoms with Crippen LogP contribution in [0, 0.1) is 11.3 Å². The maximum atomic E-state index is 10.0. The summed E-state index contributed by atoms with van der Waals surface area (Å²) in [5, 5.41) is 10.2. The van der Waals surface area contributed by atoms with Gasteiger partial charge in [0.2, 0.25) is 5.91 Å². The average molecular weight is 110 g/mol. The molecule has 0 aromatic heterocycles. The second-order valence-corrected chi connectivity index (χ2v) is 1.16. The molecule has 0 saturated carbocycles. The second-order valence-electron chi connectivity index (χ2n) is 1.16. The van der Waals surface area contributed by atoms with Crippen LogP contribution >= 0.6 is 0 Å². The van der Waals surface area contributed by atoms with Crippen LogP contribution < -0.4 is 5.32 Å². The third-order valence-electron chi connectivity index (χ3n) is 0.444. The number of nitrogens with one attached hydrogen (secondary N) is 1. The highest BCUT2D eigenvalue weighted by atomic mass is 16.1. The zero-order chi connectivity index (χ0) is 6.41. The predicted molar refractivity (Wildman–Crippen MR) is 28.6 cm³/mol. The Morgan fingerprint density at radius 2 is 2.50 bits per heavy atom. The van der Waals surface area contributed by atoms with E-state index in [0.29, 0.717) is 0 Å². The Bertz CT molecular complexity index is 143. The van der Waals surface area contributed by atoms with Gasteiger partial charge in [0.15, 0.2) is 0 Å². The van der Waals surface area contributed by atoms with Crippen molar-refractivity contribution in [3.63, 3.8) is 0 Å². The number of rotatable bonds is 1. The van der Waals surface area contributed by atoms with Gasteiger partial charge in [-0.1, -0.05) is 0 Å². The van der Waals surface area contributed by atoms with Gasteiger partial charge < -0.3 is 5.32 Å². The summed E-state index contributed by atoms with van der Waals surface area (Å²) in [6.07, 6.45) is 2.49. The average Bonchev–Trinajstić information content (AvgIpc) is 1.66. The van der Waals surface area contributed by atoms with Gasteiger partial charge in [-0.3, -0.25) is 4.79 Å². The van der Waals surface area contributed by atoms with E-state index in [1.54, 1.807) is 6.07 Å². The van der Waals surface area contributed by atoms with E-state index in [0.717, 1.165) is 0 Å². The molecule has 3 heteroatoms. The van der Waals surface area contributed by atoms with Gasteiger partial charge in [0.1, 0.15) is 0 Å². The van der Waals surface area contributed by atoms with Crippen molar-refractivity contribution in [3.8, 4) is 6.07 Å². The summed E-state index contributed by atoms with van der Waals surface area (Å²) >= 11 is 0. The van der Waals surface area contributed by atoms with Gasteiger partial charge in [0.05, 0.1) is 6.07 Å². The highest BCUT2D eigenvalue weighted by Crippen LogP contribution is 1.62. The smallest absolute Gasteiger partial charge is 0.220 e. The van der Waals surface area contributed by atoms with Gasteiger partial charge in [0.25, 0.3) is 0 Å². The molecule has 0 unspecified atom stereocenters. The van der Waals surface area contributed by atoms with Crippen molar-refractivity contribution in [2.45, 2.75) is 6.92 Å². The fourth-order valence-corrected chi connectivity index (χ4v) is 0.196. The van der Waals surface area contributed by atoms with E-state index in [1.807, 2.05) is 0 Å². The largest absolute Gasteiger partial charge is 0.332 e. The number of nitriles is 1. The van der Waals surface area contributed by atoms with Crippen LogP contribution in [0.15, 0.2) is 12.3 Å². The molecule has 0 radical (unpaired) electrons. The van der Waals surface area contributed by atoms with Gasteiger partial charge in [0, 0.05) is 19.2 Å². The molecule has 0 aliphatic carbocycles. The highest BCUT2D eigenvalue weighted by molar-refractivity contribution is 5.73. The van der Waals surface area contributed by atoms with Gasteiger partial charge in [-0.2, -0.15) is 5.26 Å². The summed E-state index contributed by atoms with van der Waals surface area (Å²) in [5.74, 6) is -0.170. The van der Waals surface area contributed by atoms with Crippen LogP contribution in [-0.2, 0) is 4.79 Å². The van der Waals surface area contributed by atoms with E-state index in [1.165, 1.54) is 19.2 Å². The van der Waals surface area contributed by atoms with Crippen molar-refractivity contribution in [1.82, 2.24) is 5.32 Å². The molecule has 1 N–H and O–H groups in total. The number of hydrogen-bond donors (Lipinski definition) is 1. The van der Waals surface area contributed by atoms with E-state index in [4.69, 9.17) is 5.26 Å².